The standard InChI is InChI=1S/C23H23Cl2N3O3S/c1-2-22(29)27-17-4-6-19(7-5-17)32-13-18-12-30-23(31-18,14-28-10-9-26-15-28)20-8-3-16(24)11-21(20)25/h3-11,15,18H,2,12-14H2,1H3,(H,27,29)/t18-,23+/m0/s1. The van der Waals surface area contributed by atoms with E-state index in [1.165, 1.54) is 0 Å². The van der Waals surface area contributed by atoms with Crippen LogP contribution < -0.4 is 5.32 Å². The van der Waals surface area contributed by atoms with E-state index >= 15 is 0 Å². The quantitative estimate of drug-likeness (QED) is 0.415. The van der Waals surface area contributed by atoms with Gasteiger partial charge in [0.15, 0.2) is 0 Å². The first-order valence-electron chi connectivity index (χ1n) is 10.2. The van der Waals surface area contributed by atoms with Gasteiger partial charge in [-0.15, -0.1) is 11.8 Å². The van der Waals surface area contributed by atoms with Crippen molar-refractivity contribution in [3.05, 3.63) is 76.8 Å². The predicted molar refractivity (Wildman–Crippen MR) is 127 cm³/mol. The number of carbonyl (C=O) groups is 1. The molecule has 168 valence electrons. The van der Waals surface area contributed by atoms with Crippen LogP contribution in [0.2, 0.25) is 10.0 Å². The Morgan fingerprint density at radius 1 is 1.28 bits per heavy atom. The number of anilines is 1. The number of ether oxygens (including phenoxy) is 2. The molecular formula is C23H23Cl2N3O3S. The average molecular weight is 492 g/mol. The first-order chi connectivity index (χ1) is 15.5. The van der Waals surface area contributed by atoms with Crippen LogP contribution in [0.5, 0.6) is 0 Å². The smallest absolute Gasteiger partial charge is 0.224 e. The van der Waals surface area contributed by atoms with Gasteiger partial charge in [-0.05, 0) is 36.4 Å². The lowest BCUT2D eigenvalue weighted by molar-refractivity contribution is -0.184. The highest BCUT2D eigenvalue weighted by molar-refractivity contribution is 7.99. The van der Waals surface area contributed by atoms with E-state index in [9.17, 15) is 4.79 Å². The summed E-state index contributed by atoms with van der Waals surface area (Å²) in [4.78, 5) is 16.7. The molecule has 2 aromatic carbocycles. The van der Waals surface area contributed by atoms with Crippen molar-refractivity contribution < 1.29 is 14.3 Å². The zero-order chi connectivity index (χ0) is 22.6. The van der Waals surface area contributed by atoms with Gasteiger partial charge in [-0.3, -0.25) is 4.79 Å². The Kier molecular flexibility index (Phi) is 7.43. The number of hydrogen-bond donors (Lipinski definition) is 1. The molecule has 0 saturated carbocycles. The normalized spacial score (nSPS) is 20.4. The number of halogens is 2. The number of nitrogens with one attached hydrogen (secondary N) is 1. The average Bonchev–Trinajstić information content (AvgIpc) is 3.44. The second kappa shape index (κ2) is 10.3. The molecule has 2 heterocycles. The van der Waals surface area contributed by atoms with Gasteiger partial charge in [-0.25, -0.2) is 4.98 Å². The maximum absolute atomic E-state index is 11.5. The lowest BCUT2D eigenvalue weighted by Gasteiger charge is -2.30. The molecule has 0 bridgehead atoms. The van der Waals surface area contributed by atoms with Crippen molar-refractivity contribution in [2.24, 2.45) is 0 Å². The van der Waals surface area contributed by atoms with Crippen LogP contribution in [0.25, 0.3) is 0 Å². The summed E-state index contributed by atoms with van der Waals surface area (Å²) in [7, 11) is 0. The number of amides is 1. The number of nitrogens with zero attached hydrogens (tertiary/aromatic N) is 2. The molecule has 4 rings (SSSR count). The minimum absolute atomic E-state index is 0.00278. The van der Waals surface area contributed by atoms with Crippen LogP contribution in [0.3, 0.4) is 0 Å². The number of carbonyl (C=O) groups excluding carboxylic acids is 1. The first kappa shape index (κ1) is 23.1. The highest BCUT2D eigenvalue weighted by Crippen LogP contribution is 2.41. The van der Waals surface area contributed by atoms with Gasteiger partial charge < -0.3 is 19.4 Å². The Morgan fingerprint density at radius 2 is 2.09 bits per heavy atom. The van der Waals surface area contributed by atoms with Crippen molar-refractivity contribution in [3.63, 3.8) is 0 Å². The van der Waals surface area contributed by atoms with Gasteiger partial charge in [-0.1, -0.05) is 36.2 Å². The molecule has 1 aliphatic heterocycles. The Morgan fingerprint density at radius 3 is 2.78 bits per heavy atom. The van der Waals surface area contributed by atoms with E-state index in [4.69, 9.17) is 32.7 Å². The summed E-state index contributed by atoms with van der Waals surface area (Å²) < 4.78 is 14.6. The predicted octanol–water partition coefficient (Wildman–Crippen LogP) is 5.60. The summed E-state index contributed by atoms with van der Waals surface area (Å²) >= 11 is 14.3. The molecule has 3 aromatic rings. The molecule has 0 aliphatic carbocycles. The Balaban J connectivity index is 1.45. The third-order valence-corrected chi connectivity index (χ3v) is 6.74. The van der Waals surface area contributed by atoms with Crippen molar-refractivity contribution in [2.45, 2.75) is 36.7 Å². The molecular weight excluding hydrogens is 469 g/mol. The fourth-order valence-electron chi connectivity index (χ4n) is 3.45. The van der Waals surface area contributed by atoms with Crippen molar-refractivity contribution in [1.82, 2.24) is 9.55 Å². The molecule has 1 N–H and O–H groups in total. The topological polar surface area (TPSA) is 65.4 Å². The van der Waals surface area contributed by atoms with Gasteiger partial charge in [0.05, 0.1) is 30.6 Å². The van der Waals surface area contributed by atoms with Gasteiger partial charge in [0.2, 0.25) is 11.7 Å². The van der Waals surface area contributed by atoms with Crippen LogP contribution >= 0.6 is 35.0 Å². The minimum Gasteiger partial charge on any atom is -0.342 e. The molecule has 9 heteroatoms. The molecule has 2 atom stereocenters. The van der Waals surface area contributed by atoms with E-state index in [2.05, 4.69) is 10.3 Å². The highest BCUT2D eigenvalue weighted by Gasteiger charge is 2.45. The number of aromatic nitrogens is 2. The Bertz CT molecular complexity index is 1060. The van der Waals surface area contributed by atoms with Crippen molar-refractivity contribution in [3.8, 4) is 0 Å². The second-order valence-electron chi connectivity index (χ2n) is 7.40. The second-order valence-corrected chi connectivity index (χ2v) is 9.34. The first-order valence-corrected chi connectivity index (χ1v) is 12.0. The van der Waals surface area contributed by atoms with Gasteiger partial charge >= 0.3 is 0 Å². The number of hydrogen-bond acceptors (Lipinski definition) is 5. The summed E-state index contributed by atoms with van der Waals surface area (Å²) in [6.45, 7) is 2.68. The molecule has 6 nitrogen and oxygen atoms in total. The van der Waals surface area contributed by atoms with Crippen LogP contribution in [-0.4, -0.2) is 33.9 Å². The van der Waals surface area contributed by atoms with E-state index in [0.717, 1.165) is 16.1 Å². The van der Waals surface area contributed by atoms with Gasteiger partial charge in [-0.2, -0.15) is 0 Å². The fourth-order valence-corrected chi connectivity index (χ4v) is 4.87. The van der Waals surface area contributed by atoms with Gasteiger partial charge in [0, 0.05) is 45.7 Å². The minimum atomic E-state index is -1.03. The number of benzene rings is 2. The van der Waals surface area contributed by atoms with Gasteiger partial charge in [0.25, 0.3) is 0 Å². The van der Waals surface area contributed by atoms with Crippen LogP contribution in [0.15, 0.2) is 66.1 Å². The maximum atomic E-state index is 11.5. The van der Waals surface area contributed by atoms with E-state index in [1.54, 1.807) is 36.4 Å². The van der Waals surface area contributed by atoms with Crippen molar-refractivity contribution in [2.75, 3.05) is 17.7 Å². The molecule has 1 amide bonds. The fraction of sp³-hybridized carbons (Fsp3) is 0.304. The molecule has 1 aromatic heterocycles. The summed E-state index contributed by atoms with van der Waals surface area (Å²) in [5, 5.41) is 3.90. The molecule has 1 aliphatic rings. The number of imidazole rings is 1. The monoisotopic (exact) mass is 491 g/mol. The molecule has 0 spiro atoms. The lowest BCUT2D eigenvalue weighted by atomic mass is 10.1. The van der Waals surface area contributed by atoms with Crippen LogP contribution in [0, 0.1) is 0 Å². The number of thioether (sulfide) groups is 1. The van der Waals surface area contributed by atoms with Gasteiger partial charge in [0.1, 0.15) is 0 Å². The third kappa shape index (κ3) is 5.47. The highest BCUT2D eigenvalue weighted by atomic mass is 35.5. The van der Waals surface area contributed by atoms with E-state index < -0.39 is 5.79 Å². The van der Waals surface area contributed by atoms with E-state index in [-0.39, 0.29) is 12.0 Å². The van der Waals surface area contributed by atoms with Crippen LogP contribution in [0.4, 0.5) is 5.69 Å². The summed E-state index contributed by atoms with van der Waals surface area (Å²) in [6.07, 6.45) is 5.62. The molecule has 1 saturated heterocycles. The summed E-state index contributed by atoms with van der Waals surface area (Å²) in [6, 6.07) is 13.1. The Labute approximate surface area is 201 Å². The van der Waals surface area contributed by atoms with E-state index in [1.807, 2.05) is 48.0 Å². The van der Waals surface area contributed by atoms with Crippen molar-refractivity contribution >= 4 is 46.6 Å². The molecule has 0 radical (unpaired) electrons. The summed E-state index contributed by atoms with van der Waals surface area (Å²) in [5.74, 6) is -0.323. The SMILES string of the molecule is CCC(=O)Nc1ccc(SC[C@@H]2CO[C@@](Cn3ccnc3)(c3ccc(Cl)cc3Cl)O2)cc1. The van der Waals surface area contributed by atoms with E-state index in [0.29, 0.717) is 35.4 Å². The summed E-state index contributed by atoms with van der Waals surface area (Å²) in [5.41, 5.74) is 1.53. The zero-order valence-electron chi connectivity index (χ0n) is 17.5. The zero-order valence-corrected chi connectivity index (χ0v) is 19.8. The maximum Gasteiger partial charge on any atom is 0.224 e. The Hall–Kier alpha value is -2.03. The van der Waals surface area contributed by atoms with Crippen LogP contribution in [0.1, 0.15) is 18.9 Å². The molecule has 32 heavy (non-hydrogen) atoms. The molecule has 1 fully saturated rings. The van der Waals surface area contributed by atoms with Crippen molar-refractivity contribution in [1.29, 1.82) is 0 Å². The largest absolute Gasteiger partial charge is 0.342 e. The third-order valence-electron chi connectivity index (χ3n) is 5.05. The lowest BCUT2D eigenvalue weighted by Crippen LogP contribution is -2.34. The molecule has 0 unspecified atom stereocenters. The number of rotatable bonds is 8. The van der Waals surface area contributed by atoms with Crippen LogP contribution in [-0.2, 0) is 26.6 Å².